The van der Waals surface area contributed by atoms with E-state index in [1.54, 1.807) is 6.20 Å². The summed E-state index contributed by atoms with van der Waals surface area (Å²) >= 11 is 5.52. The molecule has 4 nitrogen and oxygen atoms in total. The fourth-order valence-corrected chi connectivity index (χ4v) is 5.26. The Kier molecular flexibility index (Phi) is 3.60. The number of fused-ring (bicyclic) bond motifs is 1. The number of nitrogens with zero attached hydrogens (tertiary/aromatic N) is 2. The summed E-state index contributed by atoms with van der Waals surface area (Å²) in [4.78, 5) is 4.93. The highest BCUT2D eigenvalue weighted by Crippen LogP contribution is 2.38. The van der Waals surface area contributed by atoms with E-state index in [9.17, 15) is 4.21 Å². The average molecular weight is 307 g/mol. The van der Waals surface area contributed by atoms with Crippen molar-refractivity contribution in [3.8, 4) is 0 Å². The molecule has 3 heterocycles. The molecule has 2 aromatic heterocycles. The van der Waals surface area contributed by atoms with Gasteiger partial charge in [-0.15, -0.1) is 0 Å². The smallest absolute Gasteiger partial charge is 0.136 e. The zero-order valence-corrected chi connectivity index (χ0v) is 13.0. The van der Waals surface area contributed by atoms with E-state index in [4.69, 9.17) is 12.2 Å². The van der Waals surface area contributed by atoms with Crippen molar-refractivity contribution < 1.29 is 4.21 Å². The third-order valence-corrected chi connectivity index (χ3v) is 6.71. The van der Waals surface area contributed by atoms with Crippen molar-refractivity contribution >= 4 is 33.7 Å². The van der Waals surface area contributed by atoms with E-state index in [1.807, 2.05) is 36.0 Å². The molecule has 6 heteroatoms. The van der Waals surface area contributed by atoms with E-state index < -0.39 is 15.5 Å². The molecule has 0 aromatic carbocycles. The predicted molar refractivity (Wildman–Crippen MR) is 85.4 cm³/mol. The van der Waals surface area contributed by atoms with Gasteiger partial charge in [0.15, 0.2) is 0 Å². The lowest BCUT2D eigenvalue weighted by Crippen LogP contribution is -2.48. The van der Waals surface area contributed by atoms with Gasteiger partial charge in [0.05, 0.1) is 4.99 Å². The first-order valence-electron chi connectivity index (χ1n) is 6.72. The van der Waals surface area contributed by atoms with Gasteiger partial charge in [-0.05, 0) is 24.5 Å². The molecule has 1 saturated heterocycles. The van der Waals surface area contributed by atoms with E-state index in [0.717, 1.165) is 30.5 Å². The number of hydrogen-bond donors (Lipinski definition) is 1. The Balaban J connectivity index is 2.17. The Morgan fingerprint density at radius 3 is 3.10 bits per heavy atom. The first-order valence-corrected chi connectivity index (χ1v) is 8.45. The van der Waals surface area contributed by atoms with Crippen LogP contribution in [0.2, 0.25) is 0 Å². The predicted octanol–water partition coefficient (Wildman–Crippen LogP) is 2.01. The second-order valence-corrected chi connectivity index (χ2v) is 7.23. The second kappa shape index (κ2) is 5.26. The zero-order valence-electron chi connectivity index (χ0n) is 11.3. The molecule has 1 aliphatic heterocycles. The highest BCUT2D eigenvalue weighted by atomic mass is 32.2. The number of pyridine rings is 1. The van der Waals surface area contributed by atoms with Crippen molar-refractivity contribution in [2.45, 2.75) is 24.0 Å². The molecule has 0 spiro atoms. The maximum Gasteiger partial charge on any atom is 0.136 e. The third-order valence-electron chi connectivity index (χ3n) is 3.95. The van der Waals surface area contributed by atoms with Gasteiger partial charge in [0, 0.05) is 42.2 Å². The number of rotatable bonds is 2. The Morgan fingerprint density at radius 1 is 1.50 bits per heavy atom. The summed E-state index contributed by atoms with van der Waals surface area (Å²) in [7, 11) is 0.825. The Bertz CT molecular complexity index is 672. The molecule has 1 N–H and O–H groups in total. The Labute approximate surface area is 126 Å². The van der Waals surface area contributed by atoms with Crippen molar-refractivity contribution in [3.63, 3.8) is 0 Å². The van der Waals surface area contributed by atoms with Crippen LogP contribution in [0.5, 0.6) is 0 Å². The molecule has 2 unspecified atom stereocenters. The fraction of sp³-hybridized carbons (Fsp3) is 0.429. The number of aromatic nitrogens is 2. The van der Waals surface area contributed by atoms with Crippen molar-refractivity contribution in [1.29, 1.82) is 0 Å². The lowest BCUT2D eigenvalue weighted by molar-refractivity contribution is 0.573. The summed E-state index contributed by atoms with van der Waals surface area (Å²) in [5.74, 6) is 0.712. The van der Waals surface area contributed by atoms with E-state index in [-0.39, 0.29) is 0 Å². The summed E-state index contributed by atoms with van der Waals surface area (Å²) in [5, 5.41) is 3.06. The average Bonchev–Trinajstić information content (AvgIpc) is 2.94. The van der Waals surface area contributed by atoms with Crippen molar-refractivity contribution in [3.05, 3.63) is 36.3 Å². The van der Waals surface area contributed by atoms with Crippen LogP contribution in [0, 0.1) is 0 Å². The highest BCUT2D eigenvalue weighted by molar-refractivity contribution is 7.90. The maximum atomic E-state index is 12.8. The molecule has 1 fully saturated rings. The van der Waals surface area contributed by atoms with Gasteiger partial charge in [-0.1, -0.05) is 24.7 Å². The Hall–Kier alpha value is -1.27. The molecule has 2 atom stereocenters. The molecule has 0 radical (unpaired) electrons. The molecule has 2 aromatic rings. The quantitative estimate of drug-likeness (QED) is 0.862. The van der Waals surface area contributed by atoms with Gasteiger partial charge in [0.1, 0.15) is 10.4 Å². The zero-order chi connectivity index (χ0) is 14.2. The van der Waals surface area contributed by atoms with Crippen LogP contribution in [0.25, 0.3) is 5.65 Å². The fourth-order valence-electron chi connectivity index (χ4n) is 2.88. The van der Waals surface area contributed by atoms with Crippen LogP contribution in [0.1, 0.15) is 24.8 Å². The molecular weight excluding hydrogens is 290 g/mol. The molecule has 0 aliphatic carbocycles. The summed E-state index contributed by atoms with van der Waals surface area (Å²) in [5.41, 5.74) is 1.90. The molecule has 3 rings (SSSR count). The molecule has 1 aliphatic rings. The molecule has 0 amide bonds. The Morgan fingerprint density at radius 2 is 2.35 bits per heavy atom. The highest BCUT2D eigenvalue weighted by Gasteiger charge is 2.44. The number of hydrogen-bond acceptors (Lipinski definition) is 3. The van der Waals surface area contributed by atoms with Crippen LogP contribution < -0.4 is 5.32 Å². The molecule has 106 valence electrons. The van der Waals surface area contributed by atoms with Crippen LogP contribution in [-0.2, 0) is 15.5 Å². The van der Waals surface area contributed by atoms with Gasteiger partial charge in [-0.3, -0.25) is 4.21 Å². The monoisotopic (exact) mass is 307 g/mol. The van der Waals surface area contributed by atoms with Gasteiger partial charge in [-0.2, -0.15) is 0 Å². The number of imidazole rings is 1. The summed E-state index contributed by atoms with van der Waals surface area (Å²) in [6.07, 6.45) is 8.57. The third kappa shape index (κ3) is 1.98. The van der Waals surface area contributed by atoms with Crippen LogP contribution in [-0.4, -0.2) is 31.4 Å². The van der Waals surface area contributed by atoms with Crippen molar-refractivity contribution in [2.75, 3.05) is 12.8 Å². The topological polar surface area (TPSA) is 46.4 Å². The lowest BCUT2D eigenvalue weighted by atomic mass is 9.92. The van der Waals surface area contributed by atoms with Crippen LogP contribution in [0.15, 0.2) is 30.7 Å². The maximum absolute atomic E-state index is 12.8. The number of likely N-dealkylation sites (N-methyl/N-ethyl adjacent to an activating group) is 1. The molecule has 0 bridgehead atoms. The van der Waals surface area contributed by atoms with Crippen LogP contribution in [0.3, 0.4) is 0 Å². The van der Waals surface area contributed by atoms with Gasteiger partial charge in [-0.25, -0.2) is 4.98 Å². The van der Waals surface area contributed by atoms with Crippen molar-refractivity contribution in [1.82, 2.24) is 14.7 Å². The number of nitrogens with one attached hydrogen (secondary N) is 1. The number of thiocarbonyl (C=S) groups is 1. The molecular formula is C14H17N3OS2. The van der Waals surface area contributed by atoms with E-state index in [0.29, 0.717) is 10.7 Å². The minimum atomic E-state index is -0.986. The summed E-state index contributed by atoms with van der Waals surface area (Å²) in [6.45, 7) is 0. The van der Waals surface area contributed by atoms with Gasteiger partial charge in [0.25, 0.3) is 0 Å². The van der Waals surface area contributed by atoms with Crippen molar-refractivity contribution in [2.24, 2.45) is 0 Å². The normalized spacial score (nSPS) is 26.6. The molecule has 20 heavy (non-hydrogen) atoms. The minimum absolute atomic E-state index is 0.555. The minimum Gasteiger partial charge on any atom is -0.381 e. The molecule has 0 saturated carbocycles. The first-order chi connectivity index (χ1) is 9.68. The summed E-state index contributed by atoms with van der Waals surface area (Å²) in [6, 6.07) is 3.97. The van der Waals surface area contributed by atoms with Crippen LogP contribution >= 0.6 is 12.2 Å². The van der Waals surface area contributed by atoms with Gasteiger partial charge in [0.2, 0.25) is 0 Å². The van der Waals surface area contributed by atoms with Gasteiger partial charge < -0.3 is 9.72 Å². The largest absolute Gasteiger partial charge is 0.381 e. The second-order valence-electron chi connectivity index (χ2n) is 5.02. The van der Waals surface area contributed by atoms with E-state index in [1.165, 1.54) is 0 Å². The standard InChI is InChI=1S/C14H17N3OS2/c1-15-13(19)14(6-2-3-9-20(14)18)11-4-5-12-16-7-8-17(12)10-11/h4-5,7-8,10H,2-3,6,9H2,1H3,(H,15,19). The lowest BCUT2D eigenvalue weighted by Gasteiger charge is -2.37. The SMILES string of the molecule is CNC(=S)C1(c2ccc3nccn3c2)CCCCS1=O. The van der Waals surface area contributed by atoms with E-state index >= 15 is 0 Å². The van der Waals surface area contributed by atoms with Crippen LogP contribution in [0.4, 0.5) is 0 Å². The first kappa shape index (κ1) is 13.7. The summed E-state index contributed by atoms with van der Waals surface area (Å²) < 4.78 is 14.2. The van der Waals surface area contributed by atoms with E-state index in [2.05, 4.69) is 10.3 Å². The van der Waals surface area contributed by atoms with Gasteiger partial charge >= 0.3 is 0 Å².